The Bertz CT molecular complexity index is 3480. The van der Waals surface area contributed by atoms with Crippen LogP contribution in [0.1, 0.15) is 57.0 Å². The number of benzene rings is 10. The molecule has 0 N–H and O–H groups in total. The Morgan fingerprint density at radius 2 is 0.723 bits per heavy atom. The zero-order valence-corrected chi connectivity index (χ0v) is 36.1. The molecule has 10 aromatic rings. The highest BCUT2D eigenvalue weighted by Crippen LogP contribution is 2.63. The fourth-order valence-corrected chi connectivity index (χ4v) is 12.7. The highest BCUT2D eigenvalue weighted by molar-refractivity contribution is 5.97. The first-order valence-electron chi connectivity index (χ1n) is 23.0. The van der Waals surface area contributed by atoms with Gasteiger partial charge in [0.15, 0.2) is 0 Å². The Balaban J connectivity index is 0.945. The molecule has 0 fully saturated rings. The lowest BCUT2D eigenvalue weighted by atomic mass is 9.70. The second-order valence-electron chi connectivity index (χ2n) is 18.4. The largest absolute Gasteiger partial charge is 0.310 e. The zero-order valence-electron chi connectivity index (χ0n) is 36.1. The topological polar surface area (TPSA) is 3.24 Å². The van der Waals surface area contributed by atoms with E-state index >= 15 is 0 Å². The summed E-state index contributed by atoms with van der Waals surface area (Å²) in [6, 6.07) is 86.7. The number of hydrogen-bond acceptors (Lipinski definition) is 1. The molecule has 0 atom stereocenters. The molecule has 0 aliphatic heterocycles. The Morgan fingerprint density at radius 1 is 0.308 bits per heavy atom. The third kappa shape index (κ3) is 4.88. The first kappa shape index (κ1) is 36.5. The third-order valence-electron chi connectivity index (χ3n) is 15.4. The average Bonchev–Trinajstić information content (AvgIpc) is 4.07. The van der Waals surface area contributed by atoms with Crippen LogP contribution in [0.15, 0.2) is 231 Å². The SMILES string of the molecule is CC1(c2cccc3c2Cc2cc(N(c4ccc(-c5ccccc5)cc4)c4ccc5c(c4)C4(c6ccccc6-c6ccccc64)c4ccccc4-5)ccc2-3)c2ccccc2-c2ccccc21. The number of fused-ring (bicyclic) bond motifs is 16. The van der Waals surface area contributed by atoms with Crippen molar-refractivity contribution in [2.24, 2.45) is 0 Å². The van der Waals surface area contributed by atoms with Gasteiger partial charge in [-0.25, -0.2) is 0 Å². The van der Waals surface area contributed by atoms with Gasteiger partial charge in [0, 0.05) is 22.5 Å². The quantitative estimate of drug-likeness (QED) is 0.167. The van der Waals surface area contributed by atoms with Crippen molar-refractivity contribution in [3.8, 4) is 55.6 Å². The van der Waals surface area contributed by atoms with Crippen LogP contribution in [0.2, 0.25) is 0 Å². The Kier molecular flexibility index (Phi) is 7.58. The molecule has 0 saturated heterocycles. The molecule has 0 unspecified atom stereocenters. The van der Waals surface area contributed by atoms with E-state index in [-0.39, 0.29) is 5.41 Å². The molecule has 0 saturated carbocycles. The summed E-state index contributed by atoms with van der Waals surface area (Å²) in [7, 11) is 0. The Hall–Kier alpha value is -8.00. The van der Waals surface area contributed by atoms with E-state index in [1.165, 1.54) is 106 Å². The molecule has 0 aromatic heterocycles. The zero-order chi connectivity index (χ0) is 42.9. The van der Waals surface area contributed by atoms with E-state index in [9.17, 15) is 0 Å². The molecule has 14 rings (SSSR count). The molecule has 0 bridgehead atoms. The van der Waals surface area contributed by atoms with Crippen LogP contribution in [0.25, 0.3) is 55.6 Å². The summed E-state index contributed by atoms with van der Waals surface area (Å²) in [5.74, 6) is 0. The predicted molar refractivity (Wildman–Crippen MR) is 269 cm³/mol. The third-order valence-corrected chi connectivity index (χ3v) is 15.4. The van der Waals surface area contributed by atoms with Crippen LogP contribution in [0.4, 0.5) is 17.1 Å². The summed E-state index contributed by atoms with van der Waals surface area (Å²) in [6.45, 7) is 2.45. The summed E-state index contributed by atoms with van der Waals surface area (Å²) in [6.07, 6.45) is 0.881. The molecular weight excluding hydrogens is 783 g/mol. The molecule has 1 nitrogen and oxygen atoms in total. The van der Waals surface area contributed by atoms with Crippen LogP contribution in [0.5, 0.6) is 0 Å². The molecule has 0 radical (unpaired) electrons. The molecule has 304 valence electrons. The van der Waals surface area contributed by atoms with Gasteiger partial charge >= 0.3 is 0 Å². The van der Waals surface area contributed by atoms with E-state index < -0.39 is 5.41 Å². The van der Waals surface area contributed by atoms with E-state index in [4.69, 9.17) is 0 Å². The fourth-order valence-electron chi connectivity index (χ4n) is 12.7. The molecular formula is C64H43N. The van der Waals surface area contributed by atoms with Crippen molar-refractivity contribution in [2.75, 3.05) is 4.90 Å². The summed E-state index contributed by atoms with van der Waals surface area (Å²) >= 11 is 0. The van der Waals surface area contributed by atoms with Gasteiger partial charge in [0.1, 0.15) is 0 Å². The van der Waals surface area contributed by atoms with Gasteiger partial charge in [-0.1, -0.05) is 194 Å². The highest BCUT2D eigenvalue weighted by Gasteiger charge is 2.52. The van der Waals surface area contributed by atoms with Crippen molar-refractivity contribution in [3.05, 3.63) is 281 Å². The lowest BCUT2D eigenvalue weighted by molar-refractivity contribution is 0.706. The smallest absolute Gasteiger partial charge is 0.0726 e. The van der Waals surface area contributed by atoms with Gasteiger partial charge in [-0.15, -0.1) is 0 Å². The Morgan fingerprint density at radius 3 is 1.31 bits per heavy atom. The van der Waals surface area contributed by atoms with E-state index in [1.54, 1.807) is 0 Å². The molecule has 4 aliphatic carbocycles. The van der Waals surface area contributed by atoms with E-state index in [1.807, 2.05) is 0 Å². The summed E-state index contributed by atoms with van der Waals surface area (Å²) < 4.78 is 0. The number of rotatable bonds is 5. The summed E-state index contributed by atoms with van der Waals surface area (Å²) in [5, 5.41) is 0. The van der Waals surface area contributed by atoms with Crippen molar-refractivity contribution >= 4 is 17.1 Å². The minimum atomic E-state index is -0.429. The molecule has 65 heavy (non-hydrogen) atoms. The van der Waals surface area contributed by atoms with Gasteiger partial charge in [-0.3, -0.25) is 0 Å². The van der Waals surface area contributed by atoms with Crippen molar-refractivity contribution < 1.29 is 0 Å². The van der Waals surface area contributed by atoms with Crippen LogP contribution in [-0.2, 0) is 17.3 Å². The van der Waals surface area contributed by atoms with Crippen molar-refractivity contribution in [2.45, 2.75) is 24.2 Å². The number of nitrogens with zero attached hydrogens (tertiary/aromatic N) is 1. The van der Waals surface area contributed by atoms with Crippen LogP contribution >= 0.6 is 0 Å². The first-order chi connectivity index (χ1) is 32.1. The van der Waals surface area contributed by atoms with E-state index in [0.29, 0.717) is 0 Å². The first-order valence-corrected chi connectivity index (χ1v) is 23.0. The molecule has 0 amide bonds. The molecule has 0 heterocycles. The molecule has 4 aliphatic rings. The fraction of sp³-hybridized carbons (Fsp3) is 0.0625. The predicted octanol–water partition coefficient (Wildman–Crippen LogP) is 16.1. The normalized spacial score (nSPS) is 14.4. The lowest BCUT2D eigenvalue weighted by Gasteiger charge is -2.32. The minimum Gasteiger partial charge on any atom is -0.310 e. The standard InChI is InChI=1S/C64H43N/c1-63(56-24-10-5-18-49(56)50-19-6-11-25-57(50)63)58-29-15-23-48-47-36-34-45(38-43(47)39-55(48)58)65(44-32-30-42(31-33-44)41-16-3-2-4-17-41)46-35-37-54-53-22-9-14-28-61(53)64(62(54)40-46)59-26-12-7-20-51(59)52-21-8-13-27-60(52)64/h2-38,40H,39H2,1H3. The lowest BCUT2D eigenvalue weighted by Crippen LogP contribution is -2.26. The Labute approximate surface area is 380 Å². The second kappa shape index (κ2) is 13.5. The van der Waals surface area contributed by atoms with Gasteiger partial charge in [-0.2, -0.15) is 0 Å². The van der Waals surface area contributed by atoms with Gasteiger partial charge < -0.3 is 4.90 Å². The van der Waals surface area contributed by atoms with Gasteiger partial charge in [0.25, 0.3) is 0 Å². The van der Waals surface area contributed by atoms with E-state index in [2.05, 4.69) is 242 Å². The number of hydrogen-bond donors (Lipinski definition) is 0. The molecule has 1 spiro atoms. The summed E-state index contributed by atoms with van der Waals surface area (Å²) in [5.41, 5.74) is 28.2. The van der Waals surface area contributed by atoms with Crippen LogP contribution in [0, 0.1) is 0 Å². The molecule has 1 heteroatoms. The number of anilines is 3. The van der Waals surface area contributed by atoms with Gasteiger partial charge in [0.05, 0.1) is 5.41 Å². The van der Waals surface area contributed by atoms with Crippen molar-refractivity contribution in [1.29, 1.82) is 0 Å². The second-order valence-corrected chi connectivity index (χ2v) is 18.4. The van der Waals surface area contributed by atoms with Crippen LogP contribution in [-0.4, -0.2) is 0 Å². The minimum absolute atomic E-state index is 0.259. The van der Waals surface area contributed by atoms with Crippen LogP contribution in [0.3, 0.4) is 0 Å². The maximum absolute atomic E-state index is 2.51. The average molecular weight is 826 g/mol. The maximum atomic E-state index is 2.51. The molecule has 10 aromatic carbocycles. The van der Waals surface area contributed by atoms with Crippen molar-refractivity contribution in [1.82, 2.24) is 0 Å². The van der Waals surface area contributed by atoms with Crippen LogP contribution < -0.4 is 4.90 Å². The monoisotopic (exact) mass is 825 g/mol. The maximum Gasteiger partial charge on any atom is 0.0726 e. The highest BCUT2D eigenvalue weighted by atomic mass is 15.1. The van der Waals surface area contributed by atoms with Gasteiger partial charge in [0.2, 0.25) is 0 Å². The van der Waals surface area contributed by atoms with E-state index in [0.717, 1.165) is 23.5 Å². The van der Waals surface area contributed by atoms with Gasteiger partial charge in [-0.05, 0) is 155 Å². The summed E-state index contributed by atoms with van der Waals surface area (Å²) in [4.78, 5) is 2.49. The van der Waals surface area contributed by atoms with Crippen molar-refractivity contribution in [3.63, 3.8) is 0 Å².